The smallest absolute Gasteiger partial charge is 0.0454 e. The van der Waals surface area contributed by atoms with Crippen LogP contribution in [0.1, 0.15) is 5.69 Å². The highest BCUT2D eigenvalue weighted by Crippen LogP contribution is 1.93. The summed E-state index contributed by atoms with van der Waals surface area (Å²) in [6, 6.07) is 5.75. The molecule has 1 radical (unpaired) electrons. The SMILES string of the molecule is NC[CH]c1ccccn1. The molecule has 1 rings (SSSR count). The van der Waals surface area contributed by atoms with E-state index in [1.165, 1.54) is 0 Å². The van der Waals surface area contributed by atoms with Gasteiger partial charge in [0.05, 0.1) is 0 Å². The highest BCUT2D eigenvalue weighted by atomic mass is 14.7. The number of nitrogens with zero attached hydrogens (tertiary/aromatic N) is 1. The van der Waals surface area contributed by atoms with Crippen molar-refractivity contribution >= 4 is 0 Å². The first kappa shape index (κ1) is 6.23. The molecule has 0 aliphatic heterocycles. The van der Waals surface area contributed by atoms with Gasteiger partial charge >= 0.3 is 0 Å². The maximum absolute atomic E-state index is 5.26. The van der Waals surface area contributed by atoms with Gasteiger partial charge < -0.3 is 5.73 Å². The summed E-state index contributed by atoms with van der Waals surface area (Å²) in [7, 11) is 0. The molecule has 0 saturated carbocycles. The summed E-state index contributed by atoms with van der Waals surface area (Å²) in [5, 5.41) is 0. The summed E-state index contributed by atoms with van der Waals surface area (Å²) in [6.07, 6.45) is 3.63. The van der Waals surface area contributed by atoms with Gasteiger partial charge in [0.2, 0.25) is 0 Å². The lowest BCUT2D eigenvalue weighted by atomic mass is 10.3. The molecule has 0 saturated heterocycles. The lowest BCUT2D eigenvalue weighted by Gasteiger charge is -1.92. The molecule has 0 unspecified atom stereocenters. The second-order valence-corrected chi connectivity index (χ2v) is 1.69. The number of rotatable bonds is 2. The molecule has 2 heteroatoms. The van der Waals surface area contributed by atoms with Gasteiger partial charge in [-0.15, -0.1) is 0 Å². The van der Waals surface area contributed by atoms with Crippen molar-refractivity contribution in [3.05, 3.63) is 36.5 Å². The highest BCUT2D eigenvalue weighted by Gasteiger charge is 1.87. The van der Waals surface area contributed by atoms with Crippen LogP contribution in [0.5, 0.6) is 0 Å². The van der Waals surface area contributed by atoms with Crippen molar-refractivity contribution in [1.82, 2.24) is 4.98 Å². The lowest BCUT2D eigenvalue weighted by Crippen LogP contribution is -2.00. The molecular weight excluding hydrogens is 112 g/mol. The molecule has 2 N–H and O–H groups in total. The Hall–Kier alpha value is -0.890. The van der Waals surface area contributed by atoms with E-state index in [1.54, 1.807) is 6.20 Å². The first-order valence-electron chi connectivity index (χ1n) is 2.88. The van der Waals surface area contributed by atoms with Crippen molar-refractivity contribution in [2.75, 3.05) is 6.54 Å². The minimum absolute atomic E-state index is 0.553. The monoisotopic (exact) mass is 121 g/mol. The zero-order valence-corrected chi connectivity index (χ0v) is 5.12. The third-order valence-corrected chi connectivity index (χ3v) is 1.01. The van der Waals surface area contributed by atoms with Crippen molar-refractivity contribution in [2.45, 2.75) is 0 Å². The number of aromatic nitrogens is 1. The van der Waals surface area contributed by atoms with E-state index in [4.69, 9.17) is 5.73 Å². The van der Waals surface area contributed by atoms with Crippen molar-refractivity contribution in [2.24, 2.45) is 5.73 Å². The van der Waals surface area contributed by atoms with Crippen molar-refractivity contribution in [3.63, 3.8) is 0 Å². The lowest BCUT2D eigenvalue weighted by molar-refractivity contribution is 1.10. The van der Waals surface area contributed by atoms with E-state index >= 15 is 0 Å². The molecule has 0 atom stereocenters. The number of nitrogens with two attached hydrogens (primary N) is 1. The van der Waals surface area contributed by atoms with Crippen LogP contribution in [0.2, 0.25) is 0 Å². The van der Waals surface area contributed by atoms with Crippen molar-refractivity contribution in [3.8, 4) is 0 Å². The van der Waals surface area contributed by atoms with E-state index in [2.05, 4.69) is 4.98 Å². The molecule has 1 heterocycles. The Balaban J connectivity index is 2.61. The standard InChI is InChI=1S/C7H9N2/c8-5-4-7-3-1-2-6-9-7/h1-4,6H,5,8H2. The Morgan fingerprint density at radius 2 is 2.44 bits per heavy atom. The van der Waals surface area contributed by atoms with Gasteiger partial charge in [-0.2, -0.15) is 0 Å². The molecule has 0 aromatic carbocycles. The van der Waals surface area contributed by atoms with Gasteiger partial charge in [-0.1, -0.05) is 6.07 Å². The summed E-state index contributed by atoms with van der Waals surface area (Å²) in [5.41, 5.74) is 6.21. The molecule has 0 amide bonds. The molecule has 1 aromatic heterocycles. The summed E-state index contributed by atoms with van der Waals surface area (Å²) in [4.78, 5) is 4.03. The van der Waals surface area contributed by atoms with E-state index in [1.807, 2.05) is 24.6 Å². The second-order valence-electron chi connectivity index (χ2n) is 1.69. The maximum atomic E-state index is 5.26. The first-order chi connectivity index (χ1) is 4.43. The van der Waals surface area contributed by atoms with Gasteiger partial charge in [-0.25, -0.2) is 0 Å². The second kappa shape index (κ2) is 3.20. The van der Waals surface area contributed by atoms with Gasteiger partial charge in [-0.3, -0.25) is 4.98 Å². The van der Waals surface area contributed by atoms with Gasteiger partial charge in [0.15, 0.2) is 0 Å². The number of hydrogen-bond acceptors (Lipinski definition) is 2. The van der Waals surface area contributed by atoms with E-state index in [9.17, 15) is 0 Å². The maximum Gasteiger partial charge on any atom is 0.0454 e. The van der Waals surface area contributed by atoms with Gasteiger partial charge in [0.1, 0.15) is 0 Å². The molecule has 0 aliphatic carbocycles. The van der Waals surface area contributed by atoms with Crippen LogP contribution in [0.3, 0.4) is 0 Å². The molecule has 1 aromatic rings. The fraction of sp³-hybridized carbons (Fsp3) is 0.143. The number of pyridine rings is 1. The minimum atomic E-state index is 0.553. The van der Waals surface area contributed by atoms with Crippen LogP contribution in [0, 0.1) is 6.42 Å². The van der Waals surface area contributed by atoms with Crippen LogP contribution >= 0.6 is 0 Å². The molecule has 9 heavy (non-hydrogen) atoms. The average molecular weight is 121 g/mol. The highest BCUT2D eigenvalue weighted by molar-refractivity contribution is 5.12. The van der Waals surface area contributed by atoms with Crippen LogP contribution in [-0.2, 0) is 0 Å². The molecule has 47 valence electrons. The summed E-state index contributed by atoms with van der Waals surface area (Å²) in [5.74, 6) is 0. The Morgan fingerprint density at radius 3 is 3.00 bits per heavy atom. The van der Waals surface area contributed by atoms with Crippen LogP contribution in [0.15, 0.2) is 24.4 Å². The summed E-state index contributed by atoms with van der Waals surface area (Å²) >= 11 is 0. The normalized spacial score (nSPS) is 9.44. The Morgan fingerprint density at radius 1 is 1.56 bits per heavy atom. The van der Waals surface area contributed by atoms with E-state index < -0.39 is 0 Å². The Kier molecular flexibility index (Phi) is 2.22. The van der Waals surface area contributed by atoms with E-state index in [0.29, 0.717) is 6.54 Å². The first-order valence-corrected chi connectivity index (χ1v) is 2.88. The summed E-state index contributed by atoms with van der Waals surface area (Å²) in [6.45, 7) is 0.553. The largest absolute Gasteiger partial charge is 0.330 e. The average Bonchev–Trinajstić information content (AvgIpc) is 1.91. The fourth-order valence-electron chi connectivity index (χ4n) is 0.617. The summed E-state index contributed by atoms with van der Waals surface area (Å²) < 4.78 is 0. The van der Waals surface area contributed by atoms with Gasteiger partial charge in [0, 0.05) is 24.9 Å². The minimum Gasteiger partial charge on any atom is -0.330 e. The van der Waals surface area contributed by atoms with Crippen LogP contribution in [0.4, 0.5) is 0 Å². The van der Waals surface area contributed by atoms with Crippen LogP contribution in [-0.4, -0.2) is 11.5 Å². The predicted octanol–water partition coefficient (Wildman–Crippen LogP) is 0.593. The Bertz CT molecular complexity index is 160. The van der Waals surface area contributed by atoms with Crippen LogP contribution < -0.4 is 5.73 Å². The zero-order valence-electron chi connectivity index (χ0n) is 5.12. The number of hydrogen-bond donors (Lipinski definition) is 1. The van der Waals surface area contributed by atoms with Crippen molar-refractivity contribution in [1.29, 1.82) is 0 Å². The van der Waals surface area contributed by atoms with Gasteiger partial charge in [-0.05, 0) is 12.1 Å². The zero-order chi connectivity index (χ0) is 6.53. The van der Waals surface area contributed by atoms with Crippen LogP contribution in [0.25, 0.3) is 0 Å². The quantitative estimate of drug-likeness (QED) is 0.622. The molecule has 0 aliphatic rings. The third-order valence-electron chi connectivity index (χ3n) is 1.01. The predicted molar refractivity (Wildman–Crippen MR) is 36.7 cm³/mol. The fourth-order valence-corrected chi connectivity index (χ4v) is 0.617. The Labute approximate surface area is 54.7 Å². The molecule has 0 spiro atoms. The van der Waals surface area contributed by atoms with Crippen molar-refractivity contribution < 1.29 is 0 Å². The molecule has 2 nitrogen and oxygen atoms in total. The van der Waals surface area contributed by atoms with Gasteiger partial charge in [0.25, 0.3) is 0 Å². The topological polar surface area (TPSA) is 38.9 Å². The molecule has 0 fully saturated rings. The third kappa shape index (κ3) is 1.82. The molecular formula is C7H9N2. The molecule has 0 bridgehead atoms. The van der Waals surface area contributed by atoms with E-state index in [-0.39, 0.29) is 0 Å². The van der Waals surface area contributed by atoms with E-state index in [0.717, 1.165) is 5.69 Å².